The molecule has 0 radical (unpaired) electrons. The van der Waals surface area contributed by atoms with Crippen molar-refractivity contribution in [3.8, 4) is 6.07 Å². The maximum Gasteiger partial charge on any atom is 0.306 e. The van der Waals surface area contributed by atoms with Crippen molar-refractivity contribution in [2.75, 3.05) is 0 Å². The van der Waals surface area contributed by atoms with Crippen LogP contribution in [0.4, 0.5) is 0 Å². The van der Waals surface area contributed by atoms with Gasteiger partial charge in [-0.3, -0.25) is 4.79 Å². The molecule has 0 aromatic heterocycles. The van der Waals surface area contributed by atoms with E-state index in [2.05, 4.69) is 13.0 Å². The Bertz CT molecular complexity index is 371. The molecule has 0 aromatic rings. The van der Waals surface area contributed by atoms with Crippen molar-refractivity contribution in [2.24, 2.45) is 17.8 Å². The number of nitriles is 1. The molecule has 22 heavy (non-hydrogen) atoms. The van der Waals surface area contributed by atoms with Crippen molar-refractivity contribution in [1.82, 2.24) is 0 Å². The lowest BCUT2D eigenvalue weighted by molar-refractivity contribution is -0.151. The van der Waals surface area contributed by atoms with Crippen molar-refractivity contribution < 1.29 is 9.53 Å². The van der Waals surface area contributed by atoms with Crippen LogP contribution in [-0.2, 0) is 9.53 Å². The van der Waals surface area contributed by atoms with E-state index < -0.39 is 0 Å². The lowest BCUT2D eigenvalue weighted by Gasteiger charge is -2.36. The molecule has 0 saturated heterocycles. The number of nitrogens with zero attached hydrogens (tertiary/aromatic N) is 1. The van der Waals surface area contributed by atoms with Gasteiger partial charge in [0.05, 0.1) is 6.07 Å². The van der Waals surface area contributed by atoms with E-state index in [0.29, 0.717) is 12.3 Å². The minimum Gasteiger partial charge on any atom is -0.462 e. The molecule has 0 unspecified atom stereocenters. The molecular weight excluding hydrogens is 274 g/mol. The first-order valence-corrected chi connectivity index (χ1v) is 9.32. The third-order valence-electron chi connectivity index (χ3n) is 5.62. The van der Waals surface area contributed by atoms with Crippen LogP contribution >= 0.6 is 0 Å². The number of unbranched alkanes of at least 4 members (excludes halogenated alkanes) is 2. The van der Waals surface area contributed by atoms with Crippen molar-refractivity contribution in [1.29, 1.82) is 5.26 Å². The standard InChI is InChI=1S/C19H31NO2/c1-2-3-4-5-19(21)22-18-12-10-17(11-13-18)16-8-6-15(14-20)7-9-16/h15-18H,2-13H2,1H3. The number of esters is 1. The molecule has 3 nitrogen and oxygen atoms in total. The van der Waals surface area contributed by atoms with Gasteiger partial charge in [0.15, 0.2) is 0 Å². The van der Waals surface area contributed by atoms with E-state index in [4.69, 9.17) is 10.00 Å². The summed E-state index contributed by atoms with van der Waals surface area (Å²) in [6.07, 6.45) is 13.1. The second-order valence-electron chi connectivity index (χ2n) is 7.22. The van der Waals surface area contributed by atoms with E-state index in [0.717, 1.165) is 56.8 Å². The maximum atomic E-state index is 11.8. The molecule has 0 spiro atoms. The maximum absolute atomic E-state index is 11.8. The summed E-state index contributed by atoms with van der Waals surface area (Å²) in [5.74, 6) is 1.92. The summed E-state index contributed by atoms with van der Waals surface area (Å²) in [4.78, 5) is 11.8. The molecule has 0 N–H and O–H groups in total. The van der Waals surface area contributed by atoms with Gasteiger partial charge in [0.25, 0.3) is 0 Å². The Kier molecular flexibility index (Phi) is 7.22. The van der Waals surface area contributed by atoms with Gasteiger partial charge in [-0.05, 0) is 69.6 Å². The monoisotopic (exact) mass is 305 g/mol. The first-order chi connectivity index (χ1) is 10.7. The molecule has 0 aromatic carbocycles. The molecule has 0 amide bonds. The van der Waals surface area contributed by atoms with Gasteiger partial charge in [-0.2, -0.15) is 5.26 Å². The molecule has 0 atom stereocenters. The zero-order valence-electron chi connectivity index (χ0n) is 14.1. The van der Waals surface area contributed by atoms with Crippen LogP contribution in [-0.4, -0.2) is 12.1 Å². The summed E-state index contributed by atoms with van der Waals surface area (Å²) >= 11 is 0. The fraction of sp³-hybridized carbons (Fsp3) is 0.895. The summed E-state index contributed by atoms with van der Waals surface area (Å²) in [5, 5.41) is 8.99. The van der Waals surface area contributed by atoms with E-state index in [1.54, 1.807) is 0 Å². The fourth-order valence-electron chi connectivity index (χ4n) is 4.16. The summed E-state index contributed by atoms with van der Waals surface area (Å²) in [7, 11) is 0. The summed E-state index contributed by atoms with van der Waals surface area (Å²) in [6, 6.07) is 2.42. The topological polar surface area (TPSA) is 50.1 Å². The Balaban J connectivity index is 1.63. The van der Waals surface area contributed by atoms with E-state index in [9.17, 15) is 4.79 Å². The van der Waals surface area contributed by atoms with Gasteiger partial charge in [-0.25, -0.2) is 0 Å². The highest BCUT2D eigenvalue weighted by Crippen LogP contribution is 2.40. The van der Waals surface area contributed by atoms with E-state index >= 15 is 0 Å². The van der Waals surface area contributed by atoms with Crippen molar-refractivity contribution in [3.63, 3.8) is 0 Å². The fourth-order valence-corrected chi connectivity index (χ4v) is 4.16. The number of hydrogen-bond acceptors (Lipinski definition) is 3. The highest BCUT2D eigenvalue weighted by atomic mass is 16.5. The van der Waals surface area contributed by atoms with Gasteiger partial charge in [-0.1, -0.05) is 19.8 Å². The Hall–Kier alpha value is -1.04. The van der Waals surface area contributed by atoms with Crippen LogP contribution in [0.5, 0.6) is 0 Å². The number of carbonyl (C=O) groups is 1. The molecule has 3 heteroatoms. The Labute approximate surface area is 135 Å². The predicted molar refractivity (Wildman–Crippen MR) is 87.0 cm³/mol. The van der Waals surface area contributed by atoms with Crippen LogP contribution in [0.2, 0.25) is 0 Å². The van der Waals surface area contributed by atoms with Crippen LogP contribution in [0, 0.1) is 29.1 Å². The first-order valence-electron chi connectivity index (χ1n) is 9.32. The lowest BCUT2D eigenvalue weighted by Crippen LogP contribution is -2.29. The van der Waals surface area contributed by atoms with Crippen LogP contribution in [0.3, 0.4) is 0 Å². The van der Waals surface area contributed by atoms with Crippen molar-refractivity contribution >= 4 is 5.97 Å². The third kappa shape index (κ3) is 5.30. The van der Waals surface area contributed by atoms with Gasteiger partial charge in [0.2, 0.25) is 0 Å². The average Bonchev–Trinajstić information content (AvgIpc) is 2.56. The van der Waals surface area contributed by atoms with E-state index in [1.807, 2.05) is 0 Å². The minimum absolute atomic E-state index is 0.00595. The highest BCUT2D eigenvalue weighted by Gasteiger charge is 2.31. The lowest BCUT2D eigenvalue weighted by atomic mass is 9.71. The van der Waals surface area contributed by atoms with Gasteiger partial charge in [0, 0.05) is 12.3 Å². The van der Waals surface area contributed by atoms with Crippen molar-refractivity contribution in [2.45, 2.75) is 90.1 Å². The average molecular weight is 305 g/mol. The minimum atomic E-state index is 0.00595. The second kappa shape index (κ2) is 9.18. The van der Waals surface area contributed by atoms with Crippen LogP contribution in [0.15, 0.2) is 0 Å². The Morgan fingerprint density at radius 3 is 2.14 bits per heavy atom. The molecule has 2 fully saturated rings. The molecule has 2 aliphatic rings. The smallest absolute Gasteiger partial charge is 0.306 e. The van der Waals surface area contributed by atoms with E-state index in [1.165, 1.54) is 25.7 Å². The number of rotatable bonds is 6. The second-order valence-corrected chi connectivity index (χ2v) is 7.22. The number of hydrogen-bond donors (Lipinski definition) is 0. The summed E-state index contributed by atoms with van der Waals surface area (Å²) in [6.45, 7) is 2.15. The van der Waals surface area contributed by atoms with Crippen LogP contribution < -0.4 is 0 Å². The number of ether oxygens (including phenoxy) is 1. The molecule has 0 bridgehead atoms. The van der Waals surface area contributed by atoms with Crippen molar-refractivity contribution in [3.05, 3.63) is 0 Å². The predicted octanol–water partition coefficient (Wildman–Crippen LogP) is 5.00. The first kappa shape index (κ1) is 17.3. The molecular formula is C19H31NO2. The summed E-state index contributed by atoms with van der Waals surface area (Å²) < 4.78 is 5.63. The third-order valence-corrected chi connectivity index (χ3v) is 5.62. The Morgan fingerprint density at radius 1 is 1.00 bits per heavy atom. The molecule has 2 saturated carbocycles. The highest BCUT2D eigenvalue weighted by molar-refractivity contribution is 5.69. The largest absolute Gasteiger partial charge is 0.462 e. The SMILES string of the molecule is CCCCCC(=O)OC1CCC(C2CCC(C#N)CC2)CC1. The zero-order valence-corrected chi connectivity index (χ0v) is 14.1. The van der Waals surface area contributed by atoms with Crippen LogP contribution in [0.1, 0.15) is 84.0 Å². The summed E-state index contributed by atoms with van der Waals surface area (Å²) in [5.41, 5.74) is 0. The van der Waals surface area contributed by atoms with E-state index in [-0.39, 0.29) is 12.1 Å². The van der Waals surface area contributed by atoms with Gasteiger partial charge in [-0.15, -0.1) is 0 Å². The molecule has 2 rings (SSSR count). The molecule has 2 aliphatic carbocycles. The molecule has 124 valence electrons. The number of carbonyl (C=O) groups excluding carboxylic acids is 1. The van der Waals surface area contributed by atoms with Crippen LogP contribution in [0.25, 0.3) is 0 Å². The van der Waals surface area contributed by atoms with Gasteiger partial charge >= 0.3 is 5.97 Å². The Morgan fingerprint density at radius 2 is 1.59 bits per heavy atom. The van der Waals surface area contributed by atoms with Gasteiger partial charge < -0.3 is 4.74 Å². The quantitative estimate of drug-likeness (QED) is 0.512. The zero-order chi connectivity index (χ0) is 15.8. The van der Waals surface area contributed by atoms with Gasteiger partial charge in [0.1, 0.15) is 6.10 Å². The molecule has 0 aliphatic heterocycles. The normalized spacial score (nSPS) is 32.2. The molecule has 0 heterocycles.